The molecule has 0 bridgehead atoms. The lowest BCUT2D eigenvalue weighted by atomic mass is 10.0. The summed E-state index contributed by atoms with van der Waals surface area (Å²) in [5, 5.41) is 3.63. The predicted molar refractivity (Wildman–Crippen MR) is 109 cm³/mol. The maximum absolute atomic E-state index is 12.4. The van der Waals surface area contributed by atoms with Gasteiger partial charge in [0.2, 0.25) is 5.91 Å². The normalized spacial score (nSPS) is 16.4. The molecule has 1 aliphatic rings. The number of H-pyrrole nitrogens is 1. The van der Waals surface area contributed by atoms with Gasteiger partial charge in [-0.1, -0.05) is 26.0 Å². The Morgan fingerprint density at radius 1 is 1.29 bits per heavy atom. The molecule has 7 heteroatoms. The number of rotatable bonds is 8. The van der Waals surface area contributed by atoms with E-state index in [1.54, 1.807) is 6.07 Å². The minimum atomic E-state index is -0.162. The third kappa shape index (κ3) is 5.62. The maximum Gasteiger partial charge on any atom is 0.258 e. The zero-order valence-electron chi connectivity index (χ0n) is 16.7. The second-order valence-electron chi connectivity index (χ2n) is 7.77. The number of hydrogen-bond acceptors (Lipinski definition) is 5. The van der Waals surface area contributed by atoms with E-state index in [2.05, 4.69) is 34.0 Å². The number of aromatic amines is 1. The molecule has 0 saturated carbocycles. The number of nitrogens with zero attached hydrogens (tertiary/aromatic N) is 2. The fraction of sp³-hybridized carbons (Fsp3) is 0.571. The van der Waals surface area contributed by atoms with Crippen LogP contribution in [0.25, 0.3) is 10.9 Å². The number of aryl methyl sites for hydroxylation is 1. The summed E-state index contributed by atoms with van der Waals surface area (Å²) in [5.41, 5.74) is 0.497. The van der Waals surface area contributed by atoms with E-state index >= 15 is 0 Å². The molecule has 2 N–H and O–H groups in total. The Labute approximate surface area is 165 Å². The van der Waals surface area contributed by atoms with Gasteiger partial charge in [-0.3, -0.25) is 14.5 Å². The first kappa shape index (κ1) is 20.5. The van der Waals surface area contributed by atoms with Crippen LogP contribution in [-0.2, 0) is 16.0 Å². The number of benzene rings is 1. The summed E-state index contributed by atoms with van der Waals surface area (Å²) in [5.74, 6) is 1.10. The quantitative estimate of drug-likeness (QED) is 0.721. The van der Waals surface area contributed by atoms with Crippen molar-refractivity contribution in [2.75, 3.05) is 32.8 Å². The van der Waals surface area contributed by atoms with E-state index in [9.17, 15) is 9.59 Å². The molecule has 1 aromatic carbocycles. The lowest BCUT2D eigenvalue weighted by Crippen LogP contribution is -2.49. The van der Waals surface area contributed by atoms with Crippen LogP contribution in [0.1, 0.15) is 32.5 Å². The summed E-state index contributed by atoms with van der Waals surface area (Å²) < 4.78 is 5.44. The second-order valence-corrected chi connectivity index (χ2v) is 7.77. The first-order valence-corrected chi connectivity index (χ1v) is 10.1. The topological polar surface area (TPSA) is 87.3 Å². The van der Waals surface area contributed by atoms with Crippen LogP contribution in [0.3, 0.4) is 0 Å². The smallest absolute Gasteiger partial charge is 0.258 e. The number of ether oxygens (including phenoxy) is 1. The van der Waals surface area contributed by atoms with E-state index in [-0.39, 0.29) is 11.5 Å². The third-order valence-corrected chi connectivity index (χ3v) is 5.09. The van der Waals surface area contributed by atoms with E-state index in [0.717, 1.165) is 32.7 Å². The Hall–Kier alpha value is -2.25. The average molecular weight is 386 g/mol. The number of hydrogen-bond donors (Lipinski definition) is 2. The first-order chi connectivity index (χ1) is 13.5. The molecule has 7 nitrogen and oxygen atoms in total. The molecule has 1 fully saturated rings. The summed E-state index contributed by atoms with van der Waals surface area (Å²) in [7, 11) is 0. The highest BCUT2D eigenvalue weighted by Crippen LogP contribution is 2.13. The molecule has 1 aliphatic heterocycles. The number of morpholine rings is 1. The van der Waals surface area contributed by atoms with Crippen LogP contribution in [0.15, 0.2) is 29.1 Å². The van der Waals surface area contributed by atoms with Crippen LogP contribution in [-0.4, -0.2) is 59.7 Å². The lowest BCUT2D eigenvalue weighted by Gasteiger charge is -2.35. The number of amides is 1. The van der Waals surface area contributed by atoms with Crippen molar-refractivity contribution in [2.45, 2.75) is 39.2 Å². The van der Waals surface area contributed by atoms with Gasteiger partial charge < -0.3 is 15.0 Å². The van der Waals surface area contributed by atoms with E-state index in [0.29, 0.717) is 48.1 Å². The summed E-state index contributed by atoms with van der Waals surface area (Å²) in [6.07, 6.45) is 1.76. The number of carbonyl (C=O) groups is 1. The highest BCUT2D eigenvalue weighted by molar-refractivity contribution is 5.78. The molecule has 0 spiro atoms. The summed E-state index contributed by atoms with van der Waals surface area (Å²) >= 11 is 0. The molecule has 1 atom stereocenters. The minimum Gasteiger partial charge on any atom is -0.379 e. The number of para-hydroxylation sites is 1. The van der Waals surface area contributed by atoms with Gasteiger partial charge in [0.25, 0.3) is 5.56 Å². The fourth-order valence-electron chi connectivity index (χ4n) is 3.65. The maximum atomic E-state index is 12.4. The zero-order valence-corrected chi connectivity index (χ0v) is 16.7. The van der Waals surface area contributed by atoms with Crippen LogP contribution in [0.4, 0.5) is 0 Å². The highest BCUT2D eigenvalue weighted by atomic mass is 16.5. The summed E-state index contributed by atoms with van der Waals surface area (Å²) in [6, 6.07) is 7.55. The number of aromatic nitrogens is 2. The van der Waals surface area contributed by atoms with Gasteiger partial charge in [-0.25, -0.2) is 4.98 Å². The highest BCUT2D eigenvalue weighted by Gasteiger charge is 2.22. The Bertz CT molecular complexity index is 843. The van der Waals surface area contributed by atoms with Crippen LogP contribution in [0.5, 0.6) is 0 Å². The van der Waals surface area contributed by atoms with Gasteiger partial charge in [0, 0.05) is 38.5 Å². The van der Waals surface area contributed by atoms with Gasteiger partial charge in [-0.15, -0.1) is 0 Å². The van der Waals surface area contributed by atoms with E-state index in [1.807, 2.05) is 18.2 Å². The molecular weight excluding hydrogens is 356 g/mol. The molecule has 1 aromatic heterocycles. The van der Waals surface area contributed by atoms with Gasteiger partial charge >= 0.3 is 0 Å². The molecule has 28 heavy (non-hydrogen) atoms. The summed E-state index contributed by atoms with van der Waals surface area (Å²) in [6.45, 7) is 8.38. The zero-order chi connectivity index (χ0) is 19.9. The fourth-order valence-corrected chi connectivity index (χ4v) is 3.65. The van der Waals surface area contributed by atoms with Crippen LogP contribution in [0.2, 0.25) is 0 Å². The van der Waals surface area contributed by atoms with Gasteiger partial charge in [0.1, 0.15) is 5.82 Å². The predicted octanol–water partition coefficient (Wildman–Crippen LogP) is 1.72. The van der Waals surface area contributed by atoms with Crippen molar-refractivity contribution in [3.05, 3.63) is 40.4 Å². The Kier molecular flexibility index (Phi) is 7.17. The largest absolute Gasteiger partial charge is 0.379 e. The number of nitrogens with one attached hydrogen (secondary N) is 2. The average Bonchev–Trinajstić information content (AvgIpc) is 2.70. The standard InChI is InChI=1S/C21H30N4O3/c1-15(2)13-16(25-9-11-28-12-10-25)14-22-20(26)8-7-19-23-18-6-4-3-5-17(18)21(27)24-19/h3-6,15-16H,7-14H2,1-2H3,(H,22,26)(H,23,24,27)/t16-/m1/s1. The molecule has 0 aliphatic carbocycles. The number of carbonyl (C=O) groups excluding carboxylic acids is 1. The van der Waals surface area contributed by atoms with Crippen LogP contribution >= 0.6 is 0 Å². The van der Waals surface area contributed by atoms with Crippen molar-refractivity contribution < 1.29 is 9.53 Å². The van der Waals surface area contributed by atoms with E-state index in [4.69, 9.17) is 4.74 Å². The molecule has 1 saturated heterocycles. The van der Waals surface area contributed by atoms with Crippen LogP contribution in [0, 0.1) is 5.92 Å². The molecular formula is C21H30N4O3. The first-order valence-electron chi connectivity index (χ1n) is 10.1. The van der Waals surface area contributed by atoms with E-state index in [1.165, 1.54) is 0 Å². The Balaban J connectivity index is 1.53. The molecule has 1 amide bonds. The van der Waals surface area contributed by atoms with E-state index < -0.39 is 0 Å². The van der Waals surface area contributed by atoms with Gasteiger partial charge in [0.15, 0.2) is 0 Å². The second kappa shape index (κ2) is 9.80. The van der Waals surface area contributed by atoms with Crippen molar-refractivity contribution in [2.24, 2.45) is 5.92 Å². The van der Waals surface area contributed by atoms with Crippen molar-refractivity contribution in [3.63, 3.8) is 0 Å². The van der Waals surface area contributed by atoms with Gasteiger partial charge in [0.05, 0.1) is 24.1 Å². The Morgan fingerprint density at radius 2 is 2.04 bits per heavy atom. The Morgan fingerprint density at radius 3 is 2.79 bits per heavy atom. The van der Waals surface area contributed by atoms with Crippen molar-refractivity contribution in [1.29, 1.82) is 0 Å². The van der Waals surface area contributed by atoms with Gasteiger partial charge in [-0.05, 0) is 24.5 Å². The van der Waals surface area contributed by atoms with Crippen molar-refractivity contribution in [1.82, 2.24) is 20.2 Å². The molecule has 3 rings (SSSR count). The molecule has 0 radical (unpaired) electrons. The lowest BCUT2D eigenvalue weighted by molar-refractivity contribution is -0.121. The molecule has 2 heterocycles. The molecule has 0 unspecified atom stereocenters. The van der Waals surface area contributed by atoms with Gasteiger partial charge in [-0.2, -0.15) is 0 Å². The SMILES string of the molecule is CC(C)C[C@H](CNC(=O)CCc1nc2ccccc2c(=O)[nH]1)N1CCOCC1. The van der Waals surface area contributed by atoms with Crippen molar-refractivity contribution in [3.8, 4) is 0 Å². The monoisotopic (exact) mass is 386 g/mol. The van der Waals surface area contributed by atoms with Crippen molar-refractivity contribution >= 4 is 16.8 Å². The number of fused-ring (bicyclic) bond motifs is 1. The molecule has 152 valence electrons. The third-order valence-electron chi connectivity index (χ3n) is 5.09. The summed E-state index contributed by atoms with van der Waals surface area (Å²) in [4.78, 5) is 34.1. The van der Waals surface area contributed by atoms with Crippen LogP contribution < -0.4 is 10.9 Å². The minimum absolute atomic E-state index is 0.0159. The molecule has 2 aromatic rings.